The van der Waals surface area contributed by atoms with Crippen LogP contribution >= 0.6 is 23.2 Å². The zero-order valence-corrected chi connectivity index (χ0v) is 21.3. The summed E-state index contributed by atoms with van der Waals surface area (Å²) in [5.74, 6) is 0.423. The lowest BCUT2D eigenvalue weighted by Crippen LogP contribution is -2.50. The molecule has 2 amide bonds. The van der Waals surface area contributed by atoms with Gasteiger partial charge in [-0.05, 0) is 60.9 Å². The van der Waals surface area contributed by atoms with Gasteiger partial charge in [0.2, 0.25) is 11.8 Å². The first-order valence-electron chi connectivity index (χ1n) is 11.7. The topological polar surface area (TPSA) is 58.6 Å². The third kappa shape index (κ3) is 8.61. The Morgan fingerprint density at radius 2 is 1.51 bits per heavy atom. The lowest BCUT2D eigenvalue weighted by atomic mass is 10.0. The van der Waals surface area contributed by atoms with Crippen LogP contribution < -0.4 is 10.1 Å². The molecule has 0 aliphatic rings. The van der Waals surface area contributed by atoms with Crippen LogP contribution in [0.3, 0.4) is 0 Å². The van der Waals surface area contributed by atoms with E-state index < -0.39 is 6.04 Å². The van der Waals surface area contributed by atoms with Crippen molar-refractivity contribution in [3.8, 4) is 5.75 Å². The lowest BCUT2D eigenvalue weighted by molar-refractivity contribution is -0.141. The van der Waals surface area contributed by atoms with Crippen LogP contribution in [0.15, 0.2) is 78.9 Å². The predicted octanol–water partition coefficient (Wildman–Crippen LogP) is 5.93. The molecule has 0 saturated heterocycles. The van der Waals surface area contributed by atoms with Gasteiger partial charge in [0.1, 0.15) is 11.8 Å². The maximum atomic E-state index is 13.5. The minimum absolute atomic E-state index is 0.105. The first-order chi connectivity index (χ1) is 17.0. The number of ether oxygens (including phenoxy) is 1. The van der Waals surface area contributed by atoms with E-state index in [1.54, 1.807) is 41.3 Å². The summed E-state index contributed by atoms with van der Waals surface area (Å²) in [4.78, 5) is 28.2. The van der Waals surface area contributed by atoms with E-state index in [1.165, 1.54) is 0 Å². The highest BCUT2D eigenvalue weighted by molar-refractivity contribution is 6.30. The van der Waals surface area contributed by atoms with Crippen molar-refractivity contribution < 1.29 is 14.3 Å². The molecule has 5 nitrogen and oxygen atoms in total. The lowest BCUT2D eigenvalue weighted by Gasteiger charge is -2.31. The van der Waals surface area contributed by atoms with Gasteiger partial charge < -0.3 is 15.0 Å². The highest BCUT2D eigenvalue weighted by atomic mass is 35.5. The highest BCUT2D eigenvalue weighted by Gasteiger charge is 2.29. The highest BCUT2D eigenvalue weighted by Crippen LogP contribution is 2.19. The Bertz CT molecular complexity index is 1070. The Kier molecular flexibility index (Phi) is 10.5. The Balaban J connectivity index is 1.75. The third-order valence-corrected chi connectivity index (χ3v) is 6.01. The molecule has 0 aliphatic heterocycles. The first kappa shape index (κ1) is 26.6. The molecule has 184 valence electrons. The minimum Gasteiger partial charge on any atom is -0.494 e. The Labute approximate surface area is 217 Å². The van der Waals surface area contributed by atoms with Crippen LogP contribution in [0.1, 0.15) is 30.9 Å². The maximum absolute atomic E-state index is 13.5. The van der Waals surface area contributed by atoms with E-state index in [-0.39, 0.29) is 18.2 Å². The summed E-state index contributed by atoms with van der Waals surface area (Å²) >= 11 is 12.0. The summed E-state index contributed by atoms with van der Waals surface area (Å²) in [6.45, 7) is 3.05. The average molecular weight is 513 g/mol. The van der Waals surface area contributed by atoms with Gasteiger partial charge in [-0.2, -0.15) is 0 Å². The Morgan fingerprint density at radius 3 is 2.14 bits per heavy atom. The molecule has 3 aromatic carbocycles. The van der Waals surface area contributed by atoms with E-state index in [1.807, 2.05) is 49.4 Å². The smallest absolute Gasteiger partial charge is 0.243 e. The van der Waals surface area contributed by atoms with Crippen LogP contribution in [0.5, 0.6) is 5.75 Å². The van der Waals surface area contributed by atoms with E-state index in [2.05, 4.69) is 5.32 Å². The molecular formula is C28H30Cl2N2O3. The molecule has 0 heterocycles. The summed E-state index contributed by atoms with van der Waals surface area (Å²) in [7, 11) is 0. The number of benzene rings is 3. The summed E-state index contributed by atoms with van der Waals surface area (Å²) < 4.78 is 5.74. The van der Waals surface area contributed by atoms with Crippen molar-refractivity contribution in [2.45, 2.75) is 38.8 Å². The van der Waals surface area contributed by atoms with E-state index in [0.717, 1.165) is 11.1 Å². The number of nitrogens with one attached hydrogen (secondary N) is 1. The van der Waals surface area contributed by atoms with Crippen LogP contribution in [-0.2, 0) is 22.6 Å². The van der Waals surface area contributed by atoms with Crippen molar-refractivity contribution in [3.05, 3.63) is 100 Å². The Hall–Kier alpha value is -3.02. The number of nitrogens with zero attached hydrogens (tertiary/aromatic N) is 1. The number of amides is 2. The van der Waals surface area contributed by atoms with Crippen molar-refractivity contribution in [2.75, 3.05) is 13.2 Å². The second-order valence-corrected chi connectivity index (χ2v) is 9.03. The Morgan fingerprint density at radius 1 is 0.886 bits per heavy atom. The van der Waals surface area contributed by atoms with Crippen molar-refractivity contribution in [1.82, 2.24) is 10.2 Å². The number of halogens is 2. The monoisotopic (exact) mass is 512 g/mol. The zero-order valence-electron chi connectivity index (χ0n) is 19.8. The molecule has 0 saturated carbocycles. The quantitative estimate of drug-likeness (QED) is 0.306. The van der Waals surface area contributed by atoms with E-state index in [9.17, 15) is 9.59 Å². The predicted molar refractivity (Wildman–Crippen MR) is 141 cm³/mol. The summed E-state index contributed by atoms with van der Waals surface area (Å²) in [5.41, 5.74) is 1.89. The molecule has 0 fully saturated rings. The SMILES string of the molecule is CCNC(=O)[C@H](Cc1ccccc1)N(Cc1ccc(Cl)cc1)C(=O)CCCOc1ccc(Cl)cc1. The van der Waals surface area contributed by atoms with Crippen LogP contribution in [0.2, 0.25) is 10.0 Å². The number of hydrogen-bond donors (Lipinski definition) is 1. The number of carbonyl (C=O) groups is 2. The summed E-state index contributed by atoms with van der Waals surface area (Å²) in [6.07, 6.45) is 1.20. The largest absolute Gasteiger partial charge is 0.494 e. The van der Waals surface area contributed by atoms with E-state index >= 15 is 0 Å². The van der Waals surface area contributed by atoms with E-state index in [0.29, 0.717) is 48.3 Å². The first-order valence-corrected chi connectivity index (χ1v) is 12.5. The molecule has 3 aromatic rings. The van der Waals surface area contributed by atoms with Gasteiger partial charge >= 0.3 is 0 Å². The van der Waals surface area contributed by atoms with Gasteiger partial charge in [0.05, 0.1) is 6.61 Å². The van der Waals surface area contributed by atoms with Gasteiger partial charge in [0, 0.05) is 36.0 Å². The molecule has 0 aromatic heterocycles. The van der Waals surface area contributed by atoms with Crippen molar-refractivity contribution in [2.24, 2.45) is 0 Å². The second kappa shape index (κ2) is 13.8. The molecule has 0 bridgehead atoms. The van der Waals surface area contributed by atoms with Gasteiger partial charge in [-0.3, -0.25) is 9.59 Å². The molecule has 1 N–H and O–H groups in total. The van der Waals surface area contributed by atoms with Crippen molar-refractivity contribution >= 4 is 35.0 Å². The summed E-state index contributed by atoms with van der Waals surface area (Å²) in [5, 5.41) is 4.16. The van der Waals surface area contributed by atoms with Crippen LogP contribution in [0.4, 0.5) is 0 Å². The maximum Gasteiger partial charge on any atom is 0.243 e. The van der Waals surface area contributed by atoms with Gasteiger partial charge in [-0.15, -0.1) is 0 Å². The van der Waals surface area contributed by atoms with Crippen LogP contribution in [-0.4, -0.2) is 35.9 Å². The average Bonchev–Trinajstić information content (AvgIpc) is 2.87. The fourth-order valence-corrected chi connectivity index (χ4v) is 3.97. The molecule has 35 heavy (non-hydrogen) atoms. The van der Waals surface area contributed by atoms with Gasteiger partial charge in [0.15, 0.2) is 0 Å². The number of likely N-dealkylation sites (N-methyl/N-ethyl adjacent to an activating group) is 1. The summed E-state index contributed by atoms with van der Waals surface area (Å²) in [6, 6.07) is 23.5. The number of hydrogen-bond acceptors (Lipinski definition) is 3. The zero-order chi connectivity index (χ0) is 25.0. The van der Waals surface area contributed by atoms with Crippen molar-refractivity contribution in [1.29, 1.82) is 0 Å². The van der Waals surface area contributed by atoms with Gasteiger partial charge in [-0.1, -0.05) is 65.7 Å². The number of rotatable bonds is 12. The third-order valence-electron chi connectivity index (χ3n) is 5.51. The molecular weight excluding hydrogens is 483 g/mol. The second-order valence-electron chi connectivity index (χ2n) is 8.15. The molecule has 3 rings (SSSR count). The fourth-order valence-electron chi connectivity index (χ4n) is 3.72. The molecule has 0 radical (unpaired) electrons. The molecule has 0 aliphatic carbocycles. The van der Waals surface area contributed by atoms with Gasteiger partial charge in [0.25, 0.3) is 0 Å². The molecule has 0 spiro atoms. The fraction of sp³-hybridized carbons (Fsp3) is 0.286. The van der Waals surface area contributed by atoms with Crippen LogP contribution in [0, 0.1) is 0 Å². The standard InChI is InChI=1S/C28H30Cl2N2O3/c1-2-31-28(34)26(19-21-7-4-3-5-8-21)32(20-22-10-12-23(29)13-11-22)27(33)9-6-18-35-25-16-14-24(30)15-17-25/h3-5,7-8,10-17,26H,2,6,9,18-20H2,1H3,(H,31,34)/t26-/m0/s1. The van der Waals surface area contributed by atoms with E-state index in [4.69, 9.17) is 27.9 Å². The van der Waals surface area contributed by atoms with Gasteiger partial charge in [-0.25, -0.2) is 0 Å². The number of carbonyl (C=O) groups excluding carboxylic acids is 2. The normalized spacial score (nSPS) is 11.5. The molecule has 0 unspecified atom stereocenters. The van der Waals surface area contributed by atoms with Crippen LogP contribution in [0.25, 0.3) is 0 Å². The minimum atomic E-state index is -0.641. The molecule has 1 atom stereocenters. The molecule has 7 heteroatoms. The van der Waals surface area contributed by atoms with Crippen molar-refractivity contribution in [3.63, 3.8) is 0 Å².